The molecule has 1 amide bonds. The lowest BCUT2D eigenvalue weighted by molar-refractivity contribution is -0.192. The molecule has 3 aromatic rings. The maximum absolute atomic E-state index is 13.8. The van der Waals surface area contributed by atoms with Gasteiger partial charge in [0, 0.05) is 22.9 Å². The summed E-state index contributed by atoms with van der Waals surface area (Å²) in [5.74, 6) is -3.02. The second-order valence-electron chi connectivity index (χ2n) is 8.09. The van der Waals surface area contributed by atoms with Crippen molar-refractivity contribution in [3.05, 3.63) is 82.3 Å². The lowest BCUT2D eigenvalue weighted by atomic mass is 10.0. The maximum Gasteiger partial charge on any atom is 0.490 e. The average molecular weight is 603 g/mol. The van der Waals surface area contributed by atoms with Gasteiger partial charge < -0.3 is 15.0 Å². The summed E-state index contributed by atoms with van der Waals surface area (Å²) in [7, 11) is -3.64. The van der Waals surface area contributed by atoms with E-state index in [1.165, 1.54) is 4.31 Å². The fraction of sp³-hybridized carbons (Fsp3) is 0.261. The van der Waals surface area contributed by atoms with Gasteiger partial charge in [0.1, 0.15) is 6.04 Å². The van der Waals surface area contributed by atoms with Gasteiger partial charge in [0.15, 0.2) is 0 Å². The van der Waals surface area contributed by atoms with E-state index in [-0.39, 0.29) is 19.0 Å². The highest BCUT2D eigenvalue weighted by Crippen LogP contribution is 2.33. The topological polar surface area (TPSA) is 124 Å². The monoisotopic (exact) mass is 602 g/mol. The first kappa shape index (κ1) is 28.3. The summed E-state index contributed by atoms with van der Waals surface area (Å²) in [6.45, 7) is 0.396. The van der Waals surface area contributed by atoms with Crippen LogP contribution < -0.4 is 4.90 Å². The van der Waals surface area contributed by atoms with Gasteiger partial charge in [0.2, 0.25) is 15.9 Å². The number of aromatic nitrogens is 2. The lowest BCUT2D eigenvalue weighted by Crippen LogP contribution is -2.49. The molecule has 1 aliphatic heterocycles. The number of carbonyl (C=O) groups is 2. The van der Waals surface area contributed by atoms with E-state index >= 15 is 0 Å². The molecule has 4 rings (SSSR count). The zero-order valence-corrected chi connectivity index (χ0v) is 21.7. The zero-order chi connectivity index (χ0) is 27.4. The molecule has 0 spiro atoms. The molecule has 0 saturated heterocycles. The Morgan fingerprint density at radius 3 is 2.41 bits per heavy atom. The van der Waals surface area contributed by atoms with Crippen LogP contribution in [0.3, 0.4) is 0 Å². The van der Waals surface area contributed by atoms with Gasteiger partial charge in [-0.1, -0.05) is 46.3 Å². The van der Waals surface area contributed by atoms with E-state index in [1.54, 1.807) is 17.4 Å². The number of rotatable bonds is 5. The molecule has 2 heterocycles. The van der Waals surface area contributed by atoms with E-state index in [2.05, 4.69) is 25.9 Å². The van der Waals surface area contributed by atoms with Crippen molar-refractivity contribution in [3.8, 4) is 0 Å². The Labute approximate surface area is 219 Å². The van der Waals surface area contributed by atoms with Crippen LogP contribution in [0.4, 0.5) is 18.9 Å². The summed E-state index contributed by atoms with van der Waals surface area (Å²) in [6, 6.07) is 14.2. The van der Waals surface area contributed by atoms with Crippen LogP contribution in [-0.2, 0) is 39.1 Å². The molecule has 0 fully saturated rings. The number of nitrogens with one attached hydrogen (secondary N) is 1. The maximum atomic E-state index is 13.8. The number of fused-ring (bicyclic) bond motifs is 1. The molecule has 37 heavy (non-hydrogen) atoms. The largest absolute Gasteiger partial charge is 0.490 e. The summed E-state index contributed by atoms with van der Waals surface area (Å²) in [6.07, 6.45) is -0.413. The van der Waals surface area contributed by atoms with Crippen LogP contribution in [0.2, 0.25) is 0 Å². The number of aliphatic carboxylic acids is 1. The molecule has 0 radical (unpaired) electrons. The van der Waals surface area contributed by atoms with Gasteiger partial charge in [-0.15, -0.1) is 0 Å². The van der Waals surface area contributed by atoms with Crippen molar-refractivity contribution in [2.45, 2.75) is 31.7 Å². The number of hydrogen-bond donors (Lipinski definition) is 2. The number of carboxylic acid groups (broad SMARTS) is 1. The van der Waals surface area contributed by atoms with Crippen LogP contribution in [0.15, 0.2) is 65.5 Å². The number of sulfonamides is 1. The van der Waals surface area contributed by atoms with Gasteiger partial charge in [-0.2, -0.15) is 17.5 Å². The molecule has 0 aliphatic carbocycles. The molecule has 2 N–H and O–H groups in total. The van der Waals surface area contributed by atoms with Gasteiger partial charge in [-0.25, -0.2) is 18.2 Å². The SMILES string of the molecule is CS(=O)(=O)N1Cc2cc(Br)ccc2N(Cc2cnc[nH]2)C(=O)C1Cc1ccccc1.O=C(O)C(F)(F)F. The molecule has 0 bridgehead atoms. The highest BCUT2D eigenvalue weighted by Gasteiger charge is 2.40. The van der Waals surface area contributed by atoms with E-state index < -0.39 is 28.2 Å². The molecule has 14 heteroatoms. The molecule has 0 saturated carbocycles. The van der Waals surface area contributed by atoms with Crippen molar-refractivity contribution in [1.82, 2.24) is 14.3 Å². The number of carboxylic acids is 1. The number of halogens is 4. The Bertz CT molecular complexity index is 1350. The van der Waals surface area contributed by atoms with Crippen LogP contribution in [0.25, 0.3) is 0 Å². The Hall–Kier alpha value is -3.23. The summed E-state index contributed by atoms with van der Waals surface area (Å²) in [5.41, 5.74) is 3.13. The molecule has 9 nitrogen and oxygen atoms in total. The standard InChI is InChI=1S/C21H21BrN4O3S.C2HF3O2/c1-30(28,29)26-12-16-10-17(22)7-8-19(16)25(13-18-11-23-14-24-18)21(27)20(26)9-15-5-3-2-4-6-15;3-2(4,5)1(6)7/h2-8,10-11,14,20H,9,12-13H2,1H3,(H,23,24);(H,6,7). The number of alkyl halides is 3. The molecule has 1 unspecified atom stereocenters. The van der Waals surface area contributed by atoms with Gasteiger partial charge in [-0.05, 0) is 35.7 Å². The fourth-order valence-corrected chi connectivity index (χ4v) is 5.13. The van der Waals surface area contributed by atoms with Crippen molar-refractivity contribution < 1.29 is 36.3 Å². The lowest BCUT2D eigenvalue weighted by Gasteiger charge is -2.29. The first-order valence-corrected chi connectivity index (χ1v) is 13.3. The zero-order valence-electron chi connectivity index (χ0n) is 19.3. The Morgan fingerprint density at radius 2 is 1.86 bits per heavy atom. The predicted octanol–water partition coefficient (Wildman–Crippen LogP) is 3.73. The average Bonchev–Trinajstić information content (AvgIpc) is 3.29. The quantitative estimate of drug-likeness (QED) is 0.459. The number of hydrogen-bond acceptors (Lipinski definition) is 5. The molecular formula is C23H22BrF3N4O5S. The number of H-pyrrole nitrogens is 1. The molecule has 1 atom stereocenters. The first-order chi connectivity index (χ1) is 17.3. The second-order valence-corrected chi connectivity index (χ2v) is 10.9. The molecule has 1 aliphatic rings. The minimum atomic E-state index is -5.08. The number of nitrogens with zero attached hydrogens (tertiary/aromatic N) is 3. The number of amides is 1. The van der Waals surface area contributed by atoms with Crippen LogP contribution in [0, 0.1) is 0 Å². The predicted molar refractivity (Wildman–Crippen MR) is 132 cm³/mol. The van der Waals surface area contributed by atoms with Crippen molar-refractivity contribution in [2.24, 2.45) is 0 Å². The van der Waals surface area contributed by atoms with Crippen LogP contribution in [0.1, 0.15) is 16.8 Å². The highest BCUT2D eigenvalue weighted by molar-refractivity contribution is 9.10. The van der Waals surface area contributed by atoms with Crippen molar-refractivity contribution in [1.29, 1.82) is 0 Å². The first-order valence-electron chi connectivity index (χ1n) is 10.6. The van der Waals surface area contributed by atoms with E-state index in [0.717, 1.165) is 27.5 Å². The van der Waals surface area contributed by atoms with Crippen LogP contribution in [0.5, 0.6) is 0 Å². The van der Waals surface area contributed by atoms with E-state index in [1.807, 2.05) is 48.5 Å². The molecule has 2 aromatic carbocycles. The van der Waals surface area contributed by atoms with Crippen LogP contribution in [-0.4, -0.2) is 58.1 Å². The van der Waals surface area contributed by atoms with Gasteiger partial charge in [0.25, 0.3) is 0 Å². The van der Waals surface area contributed by atoms with Crippen molar-refractivity contribution in [2.75, 3.05) is 11.2 Å². The fourth-order valence-electron chi connectivity index (χ4n) is 3.72. The number of imidazole rings is 1. The Morgan fingerprint density at radius 1 is 1.22 bits per heavy atom. The van der Waals surface area contributed by atoms with E-state index in [4.69, 9.17) is 9.90 Å². The summed E-state index contributed by atoms with van der Waals surface area (Å²) >= 11 is 3.46. The van der Waals surface area contributed by atoms with Gasteiger partial charge in [-0.3, -0.25) is 4.79 Å². The van der Waals surface area contributed by atoms with Gasteiger partial charge in [0.05, 0.1) is 24.8 Å². The number of anilines is 1. The van der Waals surface area contributed by atoms with Crippen molar-refractivity contribution >= 4 is 43.5 Å². The number of aromatic amines is 1. The van der Waals surface area contributed by atoms with Crippen LogP contribution >= 0.6 is 15.9 Å². The smallest absolute Gasteiger partial charge is 0.475 e. The van der Waals surface area contributed by atoms with Gasteiger partial charge >= 0.3 is 12.1 Å². The third kappa shape index (κ3) is 7.40. The Kier molecular flexibility index (Phi) is 8.76. The van der Waals surface area contributed by atoms with E-state index in [0.29, 0.717) is 12.1 Å². The van der Waals surface area contributed by atoms with Crippen molar-refractivity contribution in [3.63, 3.8) is 0 Å². The summed E-state index contributed by atoms with van der Waals surface area (Å²) in [4.78, 5) is 31.4. The molecular weight excluding hydrogens is 581 g/mol. The summed E-state index contributed by atoms with van der Waals surface area (Å²) < 4.78 is 59.3. The third-order valence-corrected chi connectivity index (χ3v) is 7.11. The number of benzene rings is 2. The Balaban J connectivity index is 0.000000479. The minimum absolute atomic E-state index is 0.121. The number of carbonyl (C=O) groups excluding carboxylic acids is 1. The third-order valence-electron chi connectivity index (χ3n) is 5.38. The molecule has 1 aromatic heterocycles. The minimum Gasteiger partial charge on any atom is -0.475 e. The molecule has 198 valence electrons. The highest BCUT2D eigenvalue weighted by atomic mass is 79.9. The second kappa shape index (κ2) is 11.4. The summed E-state index contributed by atoms with van der Waals surface area (Å²) in [5, 5.41) is 7.12. The van der Waals surface area contributed by atoms with E-state index in [9.17, 15) is 26.4 Å². The normalized spacial score (nSPS) is 16.4.